The molecule has 1 fully saturated rings. The van der Waals surface area contributed by atoms with E-state index in [4.69, 9.17) is 0 Å². The average Bonchev–Trinajstić information content (AvgIpc) is 2.87. The highest BCUT2D eigenvalue weighted by atomic mass is 32.2. The Morgan fingerprint density at radius 3 is 2.57 bits per heavy atom. The summed E-state index contributed by atoms with van der Waals surface area (Å²) in [4.78, 5) is 23.2. The van der Waals surface area contributed by atoms with Gasteiger partial charge in [0, 0.05) is 24.5 Å². The SMILES string of the molecule is Cc1cc(C)n2nc(SCC(=O)N3CCCCCCC3)nc2n1. The smallest absolute Gasteiger partial charge is 0.253 e. The lowest BCUT2D eigenvalue weighted by Gasteiger charge is -2.24. The third-order valence-electron chi connectivity index (χ3n) is 4.13. The molecule has 124 valence electrons. The molecular weight excluding hydrogens is 310 g/mol. The van der Waals surface area contributed by atoms with Crippen LogP contribution in [0.15, 0.2) is 11.2 Å². The van der Waals surface area contributed by atoms with Crippen LogP contribution in [0, 0.1) is 13.8 Å². The third kappa shape index (κ3) is 4.02. The lowest BCUT2D eigenvalue weighted by atomic mass is 10.1. The van der Waals surface area contributed by atoms with Gasteiger partial charge in [-0.1, -0.05) is 31.0 Å². The molecule has 0 aromatic carbocycles. The number of rotatable bonds is 3. The summed E-state index contributed by atoms with van der Waals surface area (Å²) in [6, 6.07) is 1.97. The second-order valence-corrected chi connectivity index (χ2v) is 7.02. The molecule has 1 saturated heterocycles. The van der Waals surface area contributed by atoms with Gasteiger partial charge in [0.2, 0.25) is 11.1 Å². The maximum Gasteiger partial charge on any atom is 0.253 e. The van der Waals surface area contributed by atoms with Gasteiger partial charge in [-0.25, -0.2) is 9.50 Å². The summed E-state index contributed by atoms with van der Waals surface area (Å²) in [6.45, 7) is 5.70. The molecular formula is C16H23N5OS. The van der Waals surface area contributed by atoms with Crippen molar-refractivity contribution in [1.82, 2.24) is 24.5 Å². The Morgan fingerprint density at radius 2 is 1.83 bits per heavy atom. The van der Waals surface area contributed by atoms with Crippen molar-refractivity contribution in [2.24, 2.45) is 0 Å². The number of hydrogen-bond donors (Lipinski definition) is 0. The Bertz CT molecular complexity index is 691. The number of aromatic nitrogens is 4. The fourth-order valence-electron chi connectivity index (χ4n) is 2.92. The van der Waals surface area contributed by atoms with Crippen LogP contribution in [0.25, 0.3) is 5.78 Å². The van der Waals surface area contributed by atoms with Crippen molar-refractivity contribution in [3.8, 4) is 0 Å². The monoisotopic (exact) mass is 333 g/mol. The number of thioether (sulfide) groups is 1. The fourth-order valence-corrected chi connectivity index (χ4v) is 3.64. The van der Waals surface area contributed by atoms with E-state index in [9.17, 15) is 4.79 Å². The van der Waals surface area contributed by atoms with Gasteiger partial charge < -0.3 is 4.90 Å². The van der Waals surface area contributed by atoms with Crippen LogP contribution >= 0.6 is 11.8 Å². The summed E-state index contributed by atoms with van der Waals surface area (Å²) in [5.74, 6) is 1.19. The lowest BCUT2D eigenvalue weighted by Crippen LogP contribution is -2.35. The van der Waals surface area contributed by atoms with Crippen molar-refractivity contribution in [3.63, 3.8) is 0 Å². The van der Waals surface area contributed by atoms with E-state index < -0.39 is 0 Å². The zero-order valence-electron chi connectivity index (χ0n) is 13.8. The van der Waals surface area contributed by atoms with Gasteiger partial charge in [-0.2, -0.15) is 4.98 Å². The molecule has 6 nitrogen and oxygen atoms in total. The molecule has 0 atom stereocenters. The number of carbonyl (C=O) groups excluding carboxylic acids is 1. The van der Waals surface area contributed by atoms with Crippen molar-refractivity contribution < 1.29 is 4.79 Å². The molecule has 0 unspecified atom stereocenters. The quantitative estimate of drug-likeness (QED) is 0.808. The van der Waals surface area contributed by atoms with Gasteiger partial charge in [0.15, 0.2) is 0 Å². The van der Waals surface area contributed by atoms with E-state index in [-0.39, 0.29) is 5.91 Å². The van der Waals surface area contributed by atoms with Crippen molar-refractivity contribution in [2.45, 2.75) is 51.1 Å². The van der Waals surface area contributed by atoms with E-state index in [2.05, 4.69) is 15.1 Å². The van der Waals surface area contributed by atoms with Crippen LogP contribution < -0.4 is 0 Å². The highest BCUT2D eigenvalue weighted by Crippen LogP contribution is 2.17. The van der Waals surface area contributed by atoms with Gasteiger partial charge in [0.25, 0.3) is 5.78 Å². The minimum absolute atomic E-state index is 0.191. The maximum atomic E-state index is 12.4. The Kier molecular flexibility index (Phi) is 5.15. The zero-order valence-corrected chi connectivity index (χ0v) is 14.6. The molecule has 23 heavy (non-hydrogen) atoms. The number of nitrogens with zero attached hydrogens (tertiary/aromatic N) is 5. The molecule has 2 aromatic rings. The van der Waals surface area contributed by atoms with E-state index in [0.29, 0.717) is 16.7 Å². The highest BCUT2D eigenvalue weighted by Gasteiger charge is 2.16. The molecule has 0 bridgehead atoms. The normalized spacial score (nSPS) is 16.3. The molecule has 0 saturated carbocycles. The fraction of sp³-hybridized carbons (Fsp3) is 0.625. The van der Waals surface area contributed by atoms with E-state index in [1.54, 1.807) is 4.52 Å². The van der Waals surface area contributed by atoms with Gasteiger partial charge in [-0.15, -0.1) is 5.10 Å². The van der Waals surface area contributed by atoms with Crippen molar-refractivity contribution in [3.05, 3.63) is 17.5 Å². The molecule has 1 aliphatic heterocycles. The van der Waals surface area contributed by atoms with Crippen LogP contribution in [-0.2, 0) is 4.79 Å². The first kappa shape index (κ1) is 16.2. The van der Waals surface area contributed by atoms with E-state index >= 15 is 0 Å². The van der Waals surface area contributed by atoms with Gasteiger partial charge >= 0.3 is 0 Å². The summed E-state index contributed by atoms with van der Waals surface area (Å²) >= 11 is 1.40. The number of hydrogen-bond acceptors (Lipinski definition) is 5. The van der Waals surface area contributed by atoms with Crippen LogP contribution in [0.5, 0.6) is 0 Å². The molecule has 1 amide bonds. The molecule has 7 heteroatoms. The summed E-state index contributed by atoms with van der Waals surface area (Å²) < 4.78 is 1.73. The van der Waals surface area contributed by atoms with Crippen molar-refractivity contribution >= 4 is 23.4 Å². The lowest BCUT2D eigenvalue weighted by molar-refractivity contribution is -0.128. The maximum absolute atomic E-state index is 12.4. The Balaban J connectivity index is 1.63. The number of likely N-dealkylation sites (tertiary alicyclic amines) is 1. The molecule has 0 radical (unpaired) electrons. The van der Waals surface area contributed by atoms with Crippen LogP contribution in [-0.4, -0.2) is 49.2 Å². The van der Waals surface area contributed by atoms with Gasteiger partial charge in [-0.3, -0.25) is 4.79 Å². The zero-order chi connectivity index (χ0) is 16.2. The molecule has 3 heterocycles. The molecule has 0 aliphatic carbocycles. The number of amides is 1. The van der Waals surface area contributed by atoms with E-state index in [1.807, 2.05) is 24.8 Å². The summed E-state index contributed by atoms with van der Waals surface area (Å²) in [5, 5.41) is 5.06. The largest absolute Gasteiger partial charge is 0.342 e. The van der Waals surface area contributed by atoms with Gasteiger partial charge in [-0.05, 0) is 32.8 Å². The Hall–Kier alpha value is -1.63. The minimum atomic E-state index is 0.191. The molecule has 3 rings (SSSR count). The second-order valence-electron chi connectivity index (χ2n) is 6.08. The topological polar surface area (TPSA) is 63.4 Å². The summed E-state index contributed by atoms with van der Waals surface area (Å²) in [7, 11) is 0. The molecule has 0 spiro atoms. The predicted octanol–water partition coefficient (Wildman–Crippen LogP) is 2.63. The van der Waals surface area contributed by atoms with Crippen LogP contribution in [0.4, 0.5) is 0 Å². The summed E-state index contributed by atoms with van der Waals surface area (Å²) in [6.07, 6.45) is 6.00. The third-order valence-corrected chi connectivity index (χ3v) is 4.95. The van der Waals surface area contributed by atoms with Crippen molar-refractivity contribution in [2.75, 3.05) is 18.8 Å². The predicted molar refractivity (Wildman–Crippen MR) is 90.6 cm³/mol. The van der Waals surface area contributed by atoms with Gasteiger partial charge in [0.1, 0.15) is 0 Å². The highest BCUT2D eigenvalue weighted by molar-refractivity contribution is 7.99. The molecule has 2 aromatic heterocycles. The minimum Gasteiger partial charge on any atom is -0.342 e. The van der Waals surface area contributed by atoms with Crippen molar-refractivity contribution in [1.29, 1.82) is 0 Å². The number of carbonyl (C=O) groups is 1. The van der Waals surface area contributed by atoms with Gasteiger partial charge in [0.05, 0.1) is 5.75 Å². The molecule has 0 N–H and O–H groups in total. The number of fused-ring (bicyclic) bond motifs is 1. The first-order valence-corrected chi connectivity index (χ1v) is 9.23. The summed E-state index contributed by atoms with van der Waals surface area (Å²) in [5.41, 5.74) is 1.93. The Morgan fingerprint density at radius 1 is 1.13 bits per heavy atom. The first-order valence-electron chi connectivity index (χ1n) is 8.25. The standard InChI is InChI=1S/C16H23N5OS/c1-12-10-13(2)21-15(17-12)18-16(19-21)23-11-14(22)20-8-6-4-3-5-7-9-20/h10H,3-9,11H2,1-2H3. The number of aryl methyl sites for hydroxylation is 2. The van der Waals surface area contributed by atoms with Crippen LogP contribution in [0.2, 0.25) is 0 Å². The molecule has 1 aliphatic rings. The van der Waals surface area contributed by atoms with E-state index in [1.165, 1.54) is 31.0 Å². The van der Waals surface area contributed by atoms with E-state index in [0.717, 1.165) is 37.3 Å². The second kappa shape index (κ2) is 7.29. The van der Waals surface area contributed by atoms with Crippen LogP contribution in [0.1, 0.15) is 43.5 Å². The average molecular weight is 333 g/mol. The first-order chi connectivity index (χ1) is 11.1. The Labute approximate surface area is 140 Å². The van der Waals surface area contributed by atoms with Crippen LogP contribution in [0.3, 0.4) is 0 Å².